The molecule has 0 spiro atoms. The van der Waals surface area contributed by atoms with E-state index >= 15 is 0 Å². The topological polar surface area (TPSA) is 25.2 Å². The molecule has 2 nitrogen and oxygen atoms in total. The highest BCUT2D eigenvalue weighted by Gasteiger charge is 2.21. The molecule has 0 amide bonds. The molecule has 0 saturated heterocycles. The molecule has 0 radical (unpaired) electrons. The predicted molar refractivity (Wildman–Crippen MR) is 86.4 cm³/mol. The van der Waals surface area contributed by atoms with Gasteiger partial charge in [-0.3, -0.25) is 0 Å². The van der Waals surface area contributed by atoms with E-state index in [0.29, 0.717) is 0 Å². The Morgan fingerprint density at radius 3 is 2.55 bits per heavy atom. The van der Waals surface area contributed by atoms with Gasteiger partial charge in [-0.1, -0.05) is 39.8 Å². The largest absolute Gasteiger partial charge is 0.459 e. The van der Waals surface area contributed by atoms with Crippen LogP contribution in [0.5, 0.6) is 0 Å². The van der Waals surface area contributed by atoms with E-state index in [4.69, 9.17) is 4.42 Å². The first-order chi connectivity index (χ1) is 9.34. The monoisotopic (exact) mass is 273 g/mol. The van der Waals surface area contributed by atoms with Crippen LogP contribution in [0.4, 0.5) is 0 Å². The summed E-state index contributed by atoms with van der Waals surface area (Å²) in [6.45, 7) is 14.2. The second-order valence-corrected chi connectivity index (χ2v) is 6.75. The van der Waals surface area contributed by atoms with Crippen molar-refractivity contribution in [3.63, 3.8) is 0 Å². The third-order valence-corrected chi connectivity index (χ3v) is 3.86. The molecule has 0 bridgehead atoms. The van der Waals surface area contributed by atoms with Gasteiger partial charge < -0.3 is 9.73 Å². The van der Waals surface area contributed by atoms with E-state index in [1.807, 2.05) is 0 Å². The zero-order chi connectivity index (χ0) is 14.9. The molecule has 0 aliphatic heterocycles. The number of aryl methyl sites for hydroxylation is 1. The Hall–Kier alpha value is -1.28. The van der Waals surface area contributed by atoms with E-state index in [0.717, 1.165) is 24.3 Å². The number of benzene rings is 1. The summed E-state index contributed by atoms with van der Waals surface area (Å²) in [5, 5.41) is 4.74. The van der Waals surface area contributed by atoms with Crippen molar-refractivity contribution >= 4 is 11.0 Å². The molecule has 20 heavy (non-hydrogen) atoms. The third-order valence-electron chi connectivity index (χ3n) is 3.86. The van der Waals surface area contributed by atoms with Crippen molar-refractivity contribution in [3.8, 4) is 0 Å². The molecule has 1 atom stereocenters. The molecule has 1 heterocycles. The van der Waals surface area contributed by atoms with Crippen LogP contribution in [-0.2, 0) is 5.41 Å². The molecule has 1 aromatic heterocycles. The van der Waals surface area contributed by atoms with Gasteiger partial charge in [-0.2, -0.15) is 0 Å². The Bertz CT molecular complexity index is 589. The first-order valence-electron chi connectivity index (χ1n) is 7.61. The number of furan rings is 1. The van der Waals surface area contributed by atoms with Gasteiger partial charge in [0.05, 0.1) is 6.04 Å². The number of hydrogen-bond acceptors (Lipinski definition) is 2. The average Bonchev–Trinajstić information content (AvgIpc) is 2.80. The lowest BCUT2D eigenvalue weighted by Gasteiger charge is -2.19. The standard InChI is InChI=1S/C18H27NO/c1-7-10-19-13(3)16-11-14-12(2)8-9-15(17(14)20-16)18(4,5)6/h8-9,11,13,19H,7,10H2,1-6H3. The number of fused-ring (bicyclic) bond motifs is 1. The summed E-state index contributed by atoms with van der Waals surface area (Å²) in [6, 6.07) is 6.86. The lowest BCUT2D eigenvalue weighted by atomic mass is 9.85. The highest BCUT2D eigenvalue weighted by atomic mass is 16.3. The Morgan fingerprint density at radius 2 is 1.95 bits per heavy atom. The van der Waals surface area contributed by atoms with E-state index in [2.05, 4.69) is 65.1 Å². The summed E-state index contributed by atoms with van der Waals surface area (Å²) < 4.78 is 6.20. The van der Waals surface area contributed by atoms with Crippen molar-refractivity contribution in [3.05, 3.63) is 35.1 Å². The fourth-order valence-corrected chi connectivity index (χ4v) is 2.54. The molecular weight excluding hydrogens is 246 g/mol. The normalized spacial score (nSPS) is 13.9. The SMILES string of the molecule is CCCNC(C)c1cc2c(C)ccc(C(C)(C)C)c2o1. The molecule has 110 valence electrons. The maximum atomic E-state index is 6.20. The number of hydrogen-bond donors (Lipinski definition) is 1. The summed E-state index contributed by atoms with van der Waals surface area (Å²) in [4.78, 5) is 0. The molecule has 2 rings (SSSR count). The Kier molecular flexibility index (Phi) is 4.24. The summed E-state index contributed by atoms with van der Waals surface area (Å²) >= 11 is 0. The highest BCUT2D eigenvalue weighted by molar-refractivity contribution is 5.85. The molecule has 0 fully saturated rings. The summed E-state index contributed by atoms with van der Waals surface area (Å²) in [7, 11) is 0. The van der Waals surface area contributed by atoms with Crippen LogP contribution in [0, 0.1) is 6.92 Å². The quantitative estimate of drug-likeness (QED) is 0.838. The van der Waals surface area contributed by atoms with Crippen LogP contribution < -0.4 is 5.32 Å². The van der Waals surface area contributed by atoms with Gasteiger partial charge in [0.15, 0.2) is 0 Å². The summed E-state index contributed by atoms with van der Waals surface area (Å²) in [5.41, 5.74) is 3.72. The Morgan fingerprint density at radius 1 is 1.25 bits per heavy atom. The van der Waals surface area contributed by atoms with Crippen molar-refractivity contribution in [2.45, 2.75) is 59.4 Å². The minimum atomic E-state index is 0.0984. The molecule has 0 aliphatic carbocycles. The zero-order valence-electron chi connectivity index (χ0n) is 13.6. The minimum absolute atomic E-state index is 0.0984. The van der Waals surface area contributed by atoms with Gasteiger partial charge in [0.2, 0.25) is 0 Å². The first kappa shape index (κ1) is 15.1. The van der Waals surface area contributed by atoms with Crippen LogP contribution in [0.25, 0.3) is 11.0 Å². The number of rotatable bonds is 4. The van der Waals surface area contributed by atoms with Crippen molar-refractivity contribution in [2.24, 2.45) is 0 Å². The second kappa shape index (κ2) is 5.61. The second-order valence-electron chi connectivity index (χ2n) is 6.75. The lowest BCUT2D eigenvalue weighted by Crippen LogP contribution is -2.18. The van der Waals surface area contributed by atoms with Gasteiger partial charge in [0.1, 0.15) is 11.3 Å². The Balaban J connectivity index is 2.49. The molecule has 2 aromatic rings. The van der Waals surface area contributed by atoms with Crippen LogP contribution in [0.15, 0.2) is 22.6 Å². The van der Waals surface area contributed by atoms with E-state index in [-0.39, 0.29) is 11.5 Å². The average molecular weight is 273 g/mol. The van der Waals surface area contributed by atoms with Crippen molar-refractivity contribution < 1.29 is 4.42 Å². The molecule has 1 aromatic carbocycles. The van der Waals surface area contributed by atoms with Crippen LogP contribution >= 0.6 is 0 Å². The van der Waals surface area contributed by atoms with Crippen LogP contribution in [0.2, 0.25) is 0 Å². The molecule has 1 N–H and O–H groups in total. The molecule has 0 aliphatic rings. The third kappa shape index (κ3) is 2.90. The molecule has 2 heteroatoms. The van der Waals surface area contributed by atoms with E-state index in [1.165, 1.54) is 16.5 Å². The fourth-order valence-electron chi connectivity index (χ4n) is 2.54. The van der Waals surface area contributed by atoms with Gasteiger partial charge in [0.25, 0.3) is 0 Å². The van der Waals surface area contributed by atoms with Crippen molar-refractivity contribution in [1.29, 1.82) is 0 Å². The van der Waals surface area contributed by atoms with Crippen LogP contribution in [-0.4, -0.2) is 6.54 Å². The molecular formula is C18H27NO. The van der Waals surface area contributed by atoms with Gasteiger partial charge in [-0.05, 0) is 43.9 Å². The predicted octanol–water partition coefficient (Wildman–Crippen LogP) is 5.10. The van der Waals surface area contributed by atoms with E-state index in [1.54, 1.807) is 0 Å². The number of nitrogens with one attached hydrogen (secondary N) is 1. The maximum Gasteiger partial charge on any atom is 0.138 e. The summed E-state index contributed by atoms with van der Waals surface area (Å²) in [5.74, 6) is 1.04. The van der Waals surface area contributed by atoms with Gasteiger partial charge >= 0.3 is 0 Å². The van der Waals surface area contributed by atoms with Gasteiger partial charge in [0, 0.05) is 10.9 Å². The van der Waals surface area contributed by atoms with E-state index < -0.39 is 0 Å². The first-order valence-corrected chi connectivity index (χ1v) is 7.61. The smallest absolute Gasteiger partial charge is 0.138 e. The minimum Gasteiger partial charge on any atom is -0.459 e. The maximum absolute atomic E-state index is 6.20. The van der Waals surface area contributed by atoms with Crippen LogP contribution in [0.1, 0.15) is 64.0 Å². The molecule has 0 saturated carbocycles. The Labute approximate surface area is 122 Å². The fraction of sp³-hybridized carbons (Fsp3) is 0.556. The zero-order valence-corrected chi connectivity index (χ0v) is 13.6. The summed E-state index contributed by atoms with van der Waals surface area (Å²) in [6.07, 6.45) is 1.14. The van der Waals surface area contributed by atoms with Gasteiger partial charge in [-0.15, -0.1) is 0 Å². The highest BCUT2D eigenvalue weighted by Crippen LogP contribution is 2.35. The van der Waals surface area contributed by atoms with Crippen molar-refractivity contribution in [1.82, 2.24) is 5.32 Å². The van der Waals surface area contributed by atoms with Crippen LogP contribution in [0.3, 0.4) is 0 Å². The molecule has 1 unspecified atom stereocenters. The van der Waals surface area contributed by atoms with Crippen molar-refractivity contribution in [2.75, 3.05) is 6.54 Å². The van der Waals surface area contributed by atoms with Gasteiger partial charge in [-0.25, -0.2) is 0 Å². The van der Waals surface area contributed by atoms with E-state index in [9.17, 15) is 0 Å². The lowest BCUT2D eigenvalue weighted by molar-refractivity contribution is 0.446.